The Morgan fingerprint density at radius 1 is 0.727 bits per heavy atom. The summed E-state index contributed by atoms with van der Waals surface area (Å²) < 4.78 is 66.5. The fourth-order valence-electron chi connectivity index (χ4n) is 5.65. The van der Waals surface area contributed by atoms with Gasteiger partial charge in [-0.3, -0.25) is 4.40 Å². The number of fused-ring (bicyclic) bond motifs is 7. The van der Waals surface area contributed by atoms with Gasteiger partial charge >= 0.3 is 5.84 Å². The number of nitriles is 1. The van der Waals surface area contributed by atoms with Crippen molar-refractivity contribution < 1.29 is 22.0 Å². The van der Waals surface area contributed by atoms with E-state index in [0.717, 1.165) is 23.0 Å². The number of imidazole rings is 1. The molecular weight excluding hydrogens is 570 g/mol. The largest absolute Gasteiger partial charge is 0.423 e. The highest BCUT2D eigenvalue weighted by atomic mass is 19.1. The van der Waals surface area contributed by atoms with Crippen molar-refractivity contribution in [3.63, 3.8) is 0 Å². The molecule has 0 radical (unpaired) electrons. The Balaban J connectivity index is 1.51. The first-order chi connectivity index (χ1) is 21.4. The third-order valence-corrected chi connectivity index (χ3v) is 7.62. The summed E-state index contributed by atoms with van der Waals surface area (Å²) >= 11 is 0. The van der Waals surface area contributed by atoms with Crippen LogP contribution in [-0.4, -0.2) is 19.4 Å². The van der Waals surface area contributed by atoms with Crippen molar-refractivity contribution in [3.8, 4) is 39.6 Å². The van der Waals surface area contributed by atoms with Gasteiger partial charge in [-0.05, 0) is 71.8 Å². The molecule has 10 heteroatoms. The van der Waals surface area contributed by atoms with Crippen LogP contribution in [0.4, 0.5) is 17.6 Å². The van der Waals surface area contributed by atoms with E-state index in [9.17, 15) is 14.0 Å². The number of hydrogen-bond donors (Lipinski definition) is 0. The topological polar surface area (TPSA) is 80.0 Å². The van der Waals surface area contributed by atoms with Crippen LogP contribution in [0, 0.1) is 34.9 Å². The van der Waals surface area contributed by atoms with E-state index in [-0.39, 0.29) is 22.3 Å². The van der Waals surface area contributed by atoms with Crippen LogP contribution in [0.1, 0.15) is 5.56 Å². The molecule has 8 aromatic rings. The summed E-state index contributed by atoms with van der Waals surface area (Å²) in [5.74, 6) is -3.83. The number of nitrogens with zero attached hydrogens (tertiary/aromatic N) is 5. The molecule has 6 nitrogen and oxygen atoms in total. The molecule has 0 aliphatic rings. The first kappa shape index (κ1) is 25.6. The lowest BCUT2D eigenvalue weighted by Gasteiger charge is -2.14. The maximum absolute atomic E-state index is 15.5. The predicted octanol–water partition coefficient (Wildman–Crippen LogP) is 8.61. The molecule has 0 aliphatic heterocycles. The van der Waals surface area contributed by atoms with Gasteiger partial charge in [0.2, 0.25) is 11.9 Å². The molecule has 0 atom stereocenters. The minimum absolute atomic E-state index is 0.0539. The third kappa shape index (κ3) is 3.76. The lowest BCUT2D eigenvalue weighted by molar-refractivity contribution is 0.515. The zero-order chi connectivity index (χ0) is 30.1. The van der Waals surface area contributed by atoms with Crippen molar-refractivity contribution >= 4 is 38.9 Å². The molecule has 0 saturated carbocycles. The van der Waals surface area contributed by atoms with Gasteiger partial charge < -0.3 is 4.42 Å². The van der Waals surface area contributed by atoms with Gasteiger partial charge in [-0.2, -0.15) is 24.0 Å². The first-order valence-corrected chi connectivity index (χ1v) is 13.4. The average Bonchev–Trinajstić information content (AvgIpc) is 3.57. The van der Waals surface area contributed by atoms with Crippen LogP contribution < -0.4 is 0 Å². The van der Waals surface area contributed by atoms with E-state index >= 15 is 8.78 Å². The van der Waals surface area contributed by atoms with E-state index in [0.29, 0.717) is 39.2 Å². The number of aromatic nitrogens is 4. The average molecular weight is 586 g/mol. The molecule has 4 aromatic carbocycles. The van der Waals surface area contributed by atoms with Crippen LogP contribution in [0.3, 0.4) is 0 Å². The summed E-state index contributed by atoms with van der Waals surface area (Å²) in [5, 5.41) is 10.2. The Labute approximate surface area is 245 Å². The standard InChI is InChI=1S/C34H15F4N5O/c35-24-11-9-20(29(37)23(24)16-39)17-13-18(21-10-12-28(36)41-33(21)38)15-19(14-17)30-32-31(22-5-1-2-6-25(22)40-30)42-34-43(32)26-7-3-4-8-27(26)44-34/h1-15H. The highest BCUT2D eigenvalue weighted by molar-refractivity contribution is 6.10. The van der Waals surface area contributed by atoms with Crippen molar-refractivity contribution in [2.75, 3.05) is 0 Å². The molecule has 8 rings (SSSR count). The van der Waals surface area contributed by atoms with Gasteiger partial charge in [0.1, 0.15) is 28.5 Å². The molecule has 0 amide bonds. The van der Waals surface area contributed by atoms with Crippen molar-refractivity contribution in [3.05, 3.63) is 120 Å². The Bertz CT molecular complexity index is 2520. The number of oxazole rings is 1. The molecule has 0 spiro atoms. The molecule has 0 fully saturated rings. The fraction of sp³-hybridized carbons (Fsp3) is 0. The SMILES string of the molecule is N#Cc1c(F)ccc(-c2cc(-c3ccc(F)nc3F)cc(-c3nc4ccccc4c4nc5oc6ccccc6n5c34)c2)c1F. The van der Waals surface area contributed by atoms with Gasteiger partial charge in [0, 0.05) is 22.1 Å². The van der Waals surface area contributed by atoms with Gasteiger partial charge in [-0.1, -0.05) is 30.3 Å². The maximum Gasteiger partial charge on any atom is 0.307 e. The smallest absolute Gasteiger partial charge is 0.307 e. The second-order valence-corrected chi connectivity index (χ2v) is 10.1. The summed E-state index contributed by atoms with van der Waals surface area (Å²) in [7, 11) is 0. The highest BCUT2D eigenvalue weighted by Gasteiger charge is 2.23. The van der Waals surface area contributed by atoms with Crippen LogP contribution in [0.2, 0.25) is 0 Å². The van der Waals surface area contributed by atoms with Crippen molar-refractivity contribution in [1.82, 2.24) is 19.4 Å². The molecule has 0 unspecified atom stereocenters. The maximum atomic E-state index is 15.5. The Morgan fingerprint density at radius 2 is 1.45 bits per heavy atom. The van der Waals surface area contributed by atoms with Crippen LogP contribution in [-0.2, 0) is 0 Å². The van der Waals surface area contributed by atoms with Crippen LogP contribution >= 0.6 is 0 Å². The zero-order valence-corrected chi connectivity index (χ0v) is 22.3. The van der Waals surface area contributed by atoms with Crippen molar-refractivity contribution in [2.24, 2.45) is 0 Å². The molecular formula is C34H15F4N5O. The molecule has 0 saturated heterocycles. The fourth-order valence-corrected chi connectivity index (χ4v) is 5.65. The van der Waals surface area contributed by atoms with E-state index in [1.165, 1.54) is 18.2 Å². The van der Waals surface area contributed by atoms with E-state index in [4.69, 9.17) is 14.4 Å². The monoisotopic (exact) mass is 585 g/mol. The number of halogens is 4. The quantitative estimate of drug-likeness (QED) is 0.153. The first-order valence-electron chi connectivity index (χ1n) is 13.4. The van der Waals surface area contributed by atoms with Gasteiger partial charge in [-0.15, -0.1) is 0 Å². The Kier molecular flexibility index (Phi) is 5.51. The highest BCUT2D eigenvalue weighted by Crippen LogP contribution is 2.40. The van der Waals surface area contributed by atoms with E-state index < -0.39 is 29.1 Å². The zero-order valence-electron chi connectivity index (χ0n) is 22.3. The Morgan fingerprint density at radius 3 is 2.27 bits per heavy atom. The molecule has 4 aromatic heterocycles. The van der Waals surface area contributed by atoms with Crippen LogP contribution in [0.25, 0.3) is 72.4 Å². The van der Waals surface area contributed by atoms with E-state index in [2.05, 4.69) is 4.98 Å². The summed E-state index contributed by atoms with van der Waals surface area (Å²) in [6.45, 7) is 0. The van der Waals surface area contributed by atoms with Crippen LogP contribution in [0.15, 0.2) is 95.4 Å². The van der Waals surface area contributed by atoms with Crippen molar-refractivity contribution in [1.29, 1.82) is 5.26 Å². The van der Waals surface area contributed by atoms with Crippen LogP contribution in [0.5, 0.6) is 0 Å². The summed E-state index contributed by atoms with van der Waals surface area (Å²) in [5.41, 5.74) is 3.50. The Hall–Kier alpha value is -6.08. The number of benzene rings is 4. The summed E-state index contributed by atoms with van der Waals surface area (Å²) in [6.07, 6.45) is 0. The number of pyridine rings is 2. The minimum atomic E-state index is -1.07. The predicted molar refractivity (Wildman–Crippen MR) is 156 cm³/mol. The van der Waals surface area contributed by atoms with Gasteiger partial charge in [0.15, 0.2) is 11.4 Å². The second kappa shape index (κ2) is 9.47. The minimum Gasteiger partial charge on any atom is -0.423 e. The molecule has 0 N–H and O–H groups in total. The lowest BCUT2D eigenvalue weighted by atomic mass is 9.93. The summed E-state index contributed by atoms with van der Waals surface area (Å²) in [4.78, 5) is 13.1. The lowest BCUT2D eigenvalue weighted by Crippen LogP contribution is -1.98. The van der Waals surface area contributed by atoms with E-state index in [1.54, 1.807) is 18.2 Å². The molecule has 210 valence electrons. The molecule has 4 heterocycles. The van der Waals surface area contributed by atoms with Gasteiger partial charge in [0.25, 0.3) is 0 Å². The summed E-state index contributed by atoms with van der Waals surface area (Å²) in [6, 6.07) is 25.5. The normalized spacial score (nSPS) is 11.6. The number of hydrogen-bond acceptors (Lipinski definition) is 5. The second-order valence-electron chi connectivity index (χ2n) is 10.1. The van der Waals surface area contributed by atoms with Crippen molar-refractivity contribution in [2.45, 2.75) is 0 Å². The van der Waals surface area contributed by atoms with Gasteiger partial charge in [-0.25, -0.2) is 13.8 Å². The van der Waals surface area contributed by atoms with Gasteiger partial charge in [0.05, 0.1) is 16.7 Å². The molecule has 0 aliphatic carbocycles. The number of para-hydroxylation sites is 3. The third-order valence-electron chi connectivity index (χ3n) is 7.62. The molecule has 0 bridgehead atoms. The van der Waals surface area contributed by atoms with E-state index in [1.807, 2.05) is 52.9 Å². The number of rotatable bonds is 3. The molecule has 44 heavy (non-hydrogen) atoms.